The number of hydrogen-bond donors (Lipinski definition) is 0. The lowest BCUT2D eigenvalue weighted by atomic mass is 10.1. The Kier molecular flexibility index (Phi) is 5.10. The van der Waals surface area contributed by atoms with Crippen LogP contribution in [0, 0.1) is 5.82 Å². The fraction of sp³-hybridized carbons (Fsp3) is 0.417. The van der Waals surface area contributed by atoms with E-state index in [4.69, 9.17) is 11.6 Å². The molecular formula is C12H12ClF4NOS. The molecule has 2 nitrogen and oxygen atoms in total. The number of rotatable bonds is 2. The Morgan fingerprint density at radius 2 is 1.80 bits per heavy atom. The van der Waals surface area contributed by atoms with Gasteiger partial charge in [0.2, 0.25) is 5.71 Å². The van der Waals surface area contributed by atoms with Gasteiger partial charge < -0.3 is 4.55 Å². The maximum atomic E-state index is 13.6. The SMILES string of the molecule is CC(C)(C)[S+]([O-])/N=C(\c1cc(Cl)ccc1F)C(F)(F)F. The third kappa shape index (κ3) is 4.36. The highest BCUT2D eigenvalue weighted by molar-refractivity contribution is 7.91. The average Bonchev–Trinajstić information content (AvgIpc) is 2.26. The predicted molar refractivity (Wildman–Crippen MR) is 71.9 cm³/mol. The van der Waals surface area contributed by atoms with E-state index in [0.717, 1.165) is 18.2 Å². The summed E-state index contributed by atoms with van der Waals surface area (Å²) >= 11 is 3.40. The van der Waals surface area contributed by atoms with E-state index in [1.54, 1.807) is 0 Å². The molecule has 1 aromatic rings. The van der Waals surface area contributed by atoms with Crippen LogP contribution < -0.4 is 0 Å². The number of nitrogens with zero attached hydrogens (tertiary/aromatic N) is 1. The Balaban J connectivity index is 3.42. The number of alkyl halides is 3. The molecule has 0 saturated carbocycles. The standard InChI is InChI=1S/C12H12ClF4NOS/c1-11(2,3)20(19)18-10(12(15,16)17)8-6-7(13)4-5-9(8)14/h4-6H,1-3H3/b18-10+. The van der Waals surface area contributed by atoms with Crippen LogP contribution in [0.15, 0.2) is 22.6 Å². The molecule has 0 heterocycles. The van der Waals surface area contributed by atoms with Gasteiger partial charge in [0.1, 0.15) is 21.9 Å². The van der Waals surface area contributed by atoms with Crippen molar-refractivity contribution in [3.05, 3.63) is 34.6 Å². The van der Waals surface area contributed by atoms with Crippen LogP contribution in [-0.2, 0) is 11.4 Å². The summed E-state index contributed by atoms with van der Waals surface area (Å²) in [6.45, 7) is 4.40. The van der Waals surface area contributed by atoms with Crippen molar-refractivity contribution in [1.82, 2.24) is 0 Å². The molecule has 0 bridgehead atoms. The Labute approximate surface area is 122 Å². The third-order valence-corrected chi connectivity index (χ3v) is 3.78. The topological polar surface area (TPSA) is 35.4 Å². The third-order valence-electron chi connectivity index (χ3n) is 2.15. The molecule has 0 saturated heterocycles. The van der Waals surface area contributed by atoms with Crippen molar-refractivity contribution in [3.8, 4) is 0 Å². The maximum Gasteiger partial charge on any atom is 0.438 e. The molecule has 0 aliphatic heterocycles. The van der Waals surface area contributed by atoms with E-state index in [0.29, 0.717) is 0 Å². The molecule has 0 fully saturated rings. The minimum absolute atomic E-state index is 0.0695. The van der Waals surface area contributed by atoms with Gasteiger partial charge in [0.05, 0.1) is 0 Å². The van der Waals surface area contributed by atoms with Crippen LogP contribution in [0.3, 0.4) is 0 Å². The zero-order chi connectivity index (χ0) is 15.7. The van der Waals surface area contributed by atoms with Gasteiger partial charge in [-0.3, -0.25) is 0 Å². The highest BCUT2D eigenvalue weighted by Gasteiger charge is 2.42. The van der Waals surface area contributed by atoms with Crippen LogP contribution in [0.1, 0.15) is 26.3 Å². The monoisotopic (exact) mass is 329 g/mol. The van der Waals surface area contributed by atoms with Crippen LogP contribution in [0.25, 0.3) is 0 Å². The van der Waals surface area contributed by atoms with E-state index < -0.39 is 39.4 Å². The second-order valence-corrected chi connectivity index (χ2v) is 7.27. The molecule has 1 unspecified atom stereocenters. The summed E-state index contributed by atoms with van der Waals surface area (Å²) in [6.07, 6.45) is -4.94. The zero-order valence-corrected chi connectivity index (χ0v) is 12.5. The quantitative estimate of drug-likeness (QED) is 0.453. The molecule has 0 aliphatic rings. The molecular weight excluding hydrogens is 318 g/mol. The van der Waals surface area contributed by atoms with Crippen molar-refractivity contribution in [2.45, 2.75) is 31.7 Å². The maximum absolute atomic E-state index is 13.6. The van der Waals surface area contributed by atoms with Gasteiger partial charge in [0.25, 0.3) is 0 Å². The van der Waals surface area contributed by atoms with Crippen molar-refractivity contribution in [2.75, 3.05) is 0 Å². The minimum Gasteiger partial charge on any atom is -0.591 e. The Hall–Kier alpha value is -0.790. The average molecular weight is 330 g/mol. The van der Waals surface area contributed by atoms with Gasteiger partial charge >= 0.3 is 6.18 Å². The minimum atomic E-state index is -4.94. The normalized spacial score (nSPS) is 15.3. The van der Waals surface area contributed by atoms with Crippen LogP contribution in [-0.4, -0.2) is 21.2 Å². The molecule has 20 heavy (non-hydrogen) atoms. The first-order chi connectivity index (χ1) is 8.93. The van der Waals surface area contributed by atoms with Gasteiger partial charge in [-0.25, -0.2) is 4.39 Å². The molecule has 1 atom stereocenters. The molecule has 0 spiro atoms. The van der Waals surface area contributed by atoms with Gasteiger partial charge in [-0.1, -0.05) is 16.0 Å². The van der Waals surface area contributed by atoms with Crippen molar-refractivity contribution < 1.29 is 22.1 Å². The summed E-state index contributed by atoms with van der Waals surface area (Å²) in [7, 11) is 0. The Morgan fingerprint density at radius 3 is 2.25 bits per heavy atom. The van der Waals surface area contributed by atoms with Gasteiger partial charge in [-0.05, 0) is 39.0 Å². The van der Waals surface area contributed by atoms with Crippen LogP contribution in [0.4, 0.5) is 17.6 Å². The van der Waals surface area contributed by atoms with Gasteiger partial charge in [-0.2, -0.15) is 13.2 Å². The van der Waals surface area contributed by atoms with Crippen molar-refractivity contribution in [3.63, 3.8) is 0 Å². The Morgan fingerprint density at radius 1 is 1.25 bits per heavy atom. The van der Waals surface area contributed by atoms with Crippen molar-refractivity contribution in [2.24, 2.45) is 4.40 Å². The number of hydrogen-bond acceptors (Lipinski definition) is 2. The number of halogens is 5. The lowest BCUT2D eigenvalue weighted by Gasteiger charge is -2.20. The van der Waals surface area contributed by atoms with E-state index in [1.807, 2.05) is 0 Å². The fourth-order valence-corrected chi connectivity index (χ4v) is 1.97. The fourth-order valence-electron chi connectivity index (χ4n) is 1.15. The summed E-state index contributed by atoms with van der Waals surface area (Å²) in [5.41, 5.74) is -2.35. The summed E-state index contributed by atoms with van der Waals surface area (Å²) in [5, 5.41) is -0.0695. The lowest BCUT2D eigenvalue weighted by Crippen LogP contribution is -2.32. The van der Waals surface area contributed by atoms with Crippen LogP contribution in [0.2, 0.25) is 5.02 Å². The molecule has 112 valence electrons. The van der Waals surface area contributed by atoms with Gasteiger partial charge in [0, 0.05) is 10.6 Å². The van der Waals surface area contributed by atoms with E-state index in [2.05, 4.69) is 4.40 Å². The molecule has 0 aliphatic carbocycles. The highest BCUT2D eigenvalue weighted by atomic mass is 35.5. The largest absolute Gasteiger partial charge is 0.591 e. The summed E-state index contributed by atoms with van der Waals surface area (Å²) in [4.78, 5) is 0. The van der Waals surface area contributed by atoms with E-state index in [9.17, 15) is 22.1 Å². The first-order valence-corrected chi connectivity index (χ1v) is 6.94. The summed E-state index contributed by atoms with van der Waals surface area (Å²) < 4.78 is 66.5. The predicted octanol–water partition coefficient (Wildman–Crippen LogP) is 4.29. The second kappa shape index (κ2) is 5.91. The highest BCUT2D eigenvalue weighted by Crippen LogP contribution is 2.29. The smallest absolute Gasteiger partial charge is 0.438 e. The van der Waals surface area contributed by atoms with E-state index >= 15 is 0 Å². The molecule has 0 amide bonds. The molecule has 0 aromatic heterocycles. The van der Waals surface area contributed by atoms with Gasteiger partial charge in [-0.15, -0.1) is 0 Å². The lowest BCUT2D eigenvalue weighted by molar-refractivity contribution is -0.0580. The van der Waals surface area contributed by atoms with E-state index in [-0.39, 0.29) is 5.02 Å². The van der Waals surface area contributed by atoms with Crippen LogP contribution >= 0.6 is 11.6 Å². The molecule has 0 radical (unpaired) electrons. The summed E-state index contributed by atoms with van der Waals surface area (Å²) in [6, 6.07) is 2.73. The first-order valence-electron chi connectivity index (χ1n) is 5.46. The van der Waals surface area contributed by atoms with E-state index in [1.165, 1.54) is 20.8 Å². The first kappa shape index (κ1) is 17.3. The summed E-state index contributed by atoms with van der Waals surface area (Å²) in [5.74, 6) is -1.13. The zero-order valence-electron chi connectivity index (χ0n) is 10.9. The number of benzene rings is 1. The molecule has 8 heteroatoms. The van der Waals surface area contributed by atoms with Crippen molar-refractivity contribution in [1.29, 1.82) is 0 Å². The van der Waals surface area contributed by atoms with Crippen molar-refractivity contribution >= 4 is 28.7 Å². The van der Waals surface area contributed by atoms with Gasteiger partial charge in [0.15, 0.2) is 0 Å². The molecule has 1 aromatic carbocycles. The molecule has 1 rings (SSSR count). The Bertz CT molecular complexity index is 525. The molecule has 0 N–H and O–H groups in total. The second-order valence-electron chi connectivity index (χ2n) is 4.92. The van der Waals surface area contributed by atoms with Crippen LogP contribution in [0.5, 0.6) is 0 Å².